The zero-order chi connectivity index (χ0) is 25.7. The second-order valence-electron chi connectivity index (χ2n) is 8.13. The van der Waals surface area contributed by atoms with E-state index in [2.05, 4.69) is 10.3 Å². The lowest BCUT2D eigenvalue weighted by atomic mass is 10.1. The minimum Gasteiger partial charge on any atom is -0.478 e. The molecule has 182 valence electrons. The predicted octanol–water partition coefficient (Wildman–Crippen LogP) is 3.93. The number of aryl methyl sites for hydroxylation is 1. The normalized spacial score (nSPS) is 10.9. The van der Waals surface area contributed by atoms with Gasteiger partial charge in [0, 0.05) is 18.8 Å². The van der Waals surface area contributed by atoms with Crippen LogP contribution in [0.25, 0.3) is 6.08 Å². The Morgan fingerprint density at radius 3 is 2.44 bits per heavy atom. The van der Waals surface area contributed by atoms with Gasteiger partial charge in [0.05, 0.1) is 6.54 Å². The molecule has 4 rings (SSSR count). The number of carboxylic acid groups (broad SMARTS) is 1. The minimum atomic E-state index is -1.03. The van der Waals surface area contributed by atoms with Gasteiger partial charge in [-0.1, -0.05) is 42.0 Å². The standard InChI is InChI=1S/C27H24N4O5/c1-18-6-8-20(9-7-18)17-31-25(29-26(34)30(2)27(31)35)28-21-11-13-22(14-12-21)36-23-5-3-4-19(16-23)10-15-24(32)33/h3-16H,17H2,1-2H3,(H,32,33)(H,28,29,34)/b15-10+. The van der Waals surface area contributed by atoms with Crippen LogP contribution < -0.4 is 21.4 Å². The molecule has 0 saturated heterocycles. The third-order valence-corrected chi connectivity index (χ3v) is 5.35. The number of aliphatic carboxylic acids is 1. The molecule has 0 unspecified atom stereocenters. The summed E-state index contributed by atoms with van der Waals surface area (Å²) in [6.07, 6.45) is 2.54. The molecule has 0 atom stereocenters. The quantitative estimate of drug-likeness (QED) is 0.364. The lowest BCUT2D eigenvalue weighted by Gasteiger charge is -2.15. The first-order chi connectivity index (χ1) is 17.3. The Morgan fingerprint density at radius 2 is 1.75 bits per heavy atom. The van der Waals surface area contributed by atoms with E-state index in [-0.39, 0.29) is 12.5 Å². The van der Waals surface area contributed by atoms with Crippen LogP contribution in [0.1, 0.15) is 16.7 Å². The van der Waals surface area contributed by atoms with Crippen molar-refractivity contribution in [2.24, 2.45) is 7.05 Å². The molecule has 0 aliphatic carbocycles. The van der Waals surface area contributed by atoms with Crippen LogP contribution in [0.3, 0.4) is 0 Å². The Morgan fingerprint density at radius 1 is 1.03 bits per heavy atom. The van der Waals surface area contributed by atoms with E-state index in [4.69, 9.17) is 9.84 Å². The van der Waals surface area contributed by atoms with E-state index < -0.39 is 17.3 Å². The van der Waals surface area contributed by atoms with Crippen molar-refractivity contribution in [1.29, 1.82) is 0 Å². The highest BCUT2D eigenvalue weighted by Crippen LogP contribution is 2.25. The molecule has 0 saturated carbocycles. The molecule has 9 nitrogen and oxygen atoms in total. The highest BCUT2D eigenvalue weighted by molar-refractivity contribution is 5.85. The lowest BCUT2D eigenvalue weighted by Crippen LogP contribution is -2.41. The van der Waals surface area contributed by atoms with Crippen molar-refractivity contribution in [1.82, 2.24) is 14.1 Å². The van der Waals surface area contributed by atoms with Gasteiger partial charge in [-0.15, -0.1) is 0 Å². The summed E-state index contributed by atoms with van der Waals surface area (Å²) in [4.78, 5) is 39.8. The highest BCUT2D eigenvalue weighted by Gasteiger charge is 2.12. The summed E-state index contributed by atoms with van der Waals surface area (Å²) in [6.45, 7) is 2.23. The number of aromatic nitrogens is 3. The highest BCUT2D eigenvalue weighted by atomic mass is 16.5. The molecule has 0 bridgehead atoms. The third kappa shape index (κ3) is 5.95. The Labute approximate surface area is 206 Å². The number of benzene rings is 3. The molecule has 0 aliphatic rings. The van der Waals surface area contributed by atoms with Crippen LogP contribution in [0, 0.1) is 6.92 Å². The van der Waals surface area contributed by atoms with Gasteiger partial charge in [0.15, 0.2) is 0 Å². The summed E-state index contributed by atoms with van der Waals surface area (Å²) in [5.41, 5.74) is 2.17. The number of rotatable bonds is 8. The summed E-state index contributed by atoms with van der Waals surface area (Å²) >= 11 is 0. The Kier molecular flexibility index (Phi) is 7.10. The largest absolute Gasteiger partial charge is 0.478 e. The van der Waals surface area contributed by atoms with Gasteiger partial charge in [-0.3, -0.25) is 4.57 Å². The van der Waals surface area contributed by atoms with Crippen LogP contribution in [-0.2, 0) is 18.4 Å². The molecule has 0 amide bonds. The summed E-state index contributed by atoms with van der Waals surface area (Å²) in [5, 5.41) is 11.8. The number of carbonyl (C=O) groups is 1. The maximum atomic E-state index is 12.8. The molecule has 1 aromatic heterocycles. The predicted molar refractivity (Wildman–Crippen MR) is 137 cm³/mol. The van der Waals surface area contributed by atoms with Gasteiger partial charge in [-0.05, 0) is 60.5 Å². The van der Waals surface area contributed by atoms with Crippen molar-refractivity contribution >= 4 is 23.7 Å². The van der Waals surface area contributed by atoms with Crippen LogP contribution in [0.4, 0.5) is 11.6 Å². The maximum Gasteiger partial charge on any atom is 0.354 e. The fourth-order valence-electron chi connectivity index (χ4n) is 3.41. The number of nitrogens with one attached hydrogen (secondary N) is 1. The number of nitrogens with zero attached hydrogens (tertiary/aromatic N) is 3. The molecule has 36 heavy (non-hydrogen) atoms. The molecule has 0 fully saturated rings. The monoisotopic (exact) mass is 484 g/mol. The molecule has 0 aliphatic heterocycles. The van der Waals surface area contributed by atoms with Gasteiger partial charge in [0.25, 0.3) is 0 Å². The fraction of sp³-hybridized carbons (Fsp3) is 0.111. The van der Waals surface area contributed by atoms with E-state index in [9.17, 15) is 14.4 Å². The first-order valence-electron chi connectivity index (χ1n) is 11.1. The zero-order valence-corrected chi connectivity index (χ0v) is 19.7. The zero-order valence-electron chi connectivity index (χ0n) is 19.7. The van der Waals surface area contributed by atoms with Crippen LogP contribution >= 0.6 is 0 Å². The maximum absolute atomic E-state index is 12.8. The van der Waals surface area contributed by atoms with Crippen molar-refractivity contribution in [3.05, 3.63) is 117 Å². The Bertz CT molecular complexity index is 1530. The van der Waals surface area contributed by atoms with E-state index in [1.807, 2.05) is 31.2 Å². The average Bonchev–Trinajstić information content (AvgIpc) is 2.86. The van der Waals surface area contributed by atoms with Crippen molar-refractivity contribution in [3.8, 4) is 11.5 Å². The molecule has 1 heterocycles. The molecule has 3 aromatic carbocycles. The fourth-order valence-corrected chi connectivity index (χ4v) is 3.41. The van der Waals surface area contributed by atoms with Crippen molar-refractivity contribution in [2.45, 2.75) is 13.5 Å². The van der Waals surface area contributed by atoms with E-state index in [1.54, 1.807) is 48.5 Å². The van der Waals surface area contributed by atoms with Crippen LogP contribution in [0.5, 0.6) is 11.5 Å². The van der Waals surface area contributed by atoms with Crippen LogP contribution in [0.2, 0.25) is 0 Å². The number of hydrogen-bond acceptors (Lipinski definition) is 6. The molecular weight excluding hydrogens is 460 g/mol. The van der Waals surface area contributed by atoms with E-state index in [1.165, 1.54) is 17.7 Å². The SMILES string of the molecule is Cc1ccc(Cn2c(Nc3ccc(Oc4cccc(/C=C/C(=O)O)c4)cc3)nc(=O)n(C)c2=O)cc1. The first kappa shape index (κ1) is 24.2. The molecule has 0 spiro atoms. The number of carboxylic acids is 1. The van der Waals surface area contributed by atoms with Gasteiger partial charge in [0.2, 0.25) is 5.95 Å². The van der Waals surface area contributed by atoms with Gasteiger partial charge in [0.1, 0.15) is 11.5 Å². The number of ether oxygens (including phenoxy) is 1. The molecule has 0 radical (unpaired) electrons. The van der Waals surface area contributed by atoms with Gasteiger partial charge >= 0.3 is 17.3 Å². The minimum absolute atomic E-state index is 0.135. The third-order valence-electron chi connectivity index (χ3n) is 5.35. The summed E-state index contributed by atoms with van der Waals surface area (Å²) < 4.78 is 8.24. The van der Waals surface area contributed by atoms with E-state index in [0.29, 0.717) is 22.7 Å². The van der Waals surface area contributed by atoms with Crippen LogP contribution in [-0.4, -0.2) is 25.2 Å². The van der Waals surface area contributed by atoms with Crippen LogP contribution in [0.15, 0.2) is 88.5 Å². The molecule has 2 N–H and O–H groups in total. The topological polar surface area (TPSA) is 115 Å². The van der Waals surface area contributed by atoms with Crippen molar-refractivity contribution in [3.63, 3.8) is 0 Å². The number of anilines is 2. The molecule has 4 aromatic rings. The Balaban J connectivity index is 1.54. The second kappa shape index (κ2) is 10.6. The summed E-state index contributed by atoms with van der Waals surface area (Å²) in [5.74, 6) is 0.201. The Hall–Kier alpha value is -4.92. The second-order valence-corrected chi connectivity index (χ2v) is 8.13. The van der Waals surface area contributed by atoms with Crippen molar-refractivity contribution < 1.29 is 14.6 Å². The first-order valence-corrected chi connectivity index (χ1v) is 11.1. The summed E-state index contributed by atoms with van der Waals surface area (Å²) in [6, 6.07) is 21.7. The van der Waals surface area contributed by atoms with Gasteiger partial charge in [-0.2, -0.15) is 4.98 Å². The smallest absolute Gasteiger partial charge is 0.354 e. The molecule has 9 heteroatoms. The average molecular weight is 485 g/mol. The molecular formula is C27H24N4O5. The van der Waals surface area contributed by atoms with Gasteiger partial charge in [-0.25, -0.2) is 19.0 Å². The van der Waals surface area contributed by atoms with E-state index >= 15 is 0 Å². The lowest BCUT2D eigenvalue weighted by molar-refractivity contribution is -0.131. The van der Waals surface area contributed by atoms with Gasteiger partial charge < -0.3 is 15.2 Å². The number of hydrogen-bond donors (Lipinski definition) is 2. The summed E-state index contributed by atoms with van der Waals surface area (Å²) in [7, 11) is 1.39. The van der Waals surface area contributed by atoms with Crippen molar-refractivity contribution in [2.75, 3.05) is 5.32 Å². The van der Waals surface area contributed by atoms with E-state index in [0.717, 1.165) is 21.8 Å².